The summed E-state index contributed by atoms with van der Waals surface area (Å²) >= 11 is 3.23. The van der Waals surface area contributed by atoms with Gasteiger partial charge in [-0.2, -0.15) is 0 Å². The Labute approximate surface area is 131 Å². The molecule has 1 aromatic carbocycles. The van der Waals surface area contributed by atoms with Gasteiger partial charge in [-0.15, -0.1) is 0 Å². The number of ether oxygens (including phenoxy) is 1. The summed E-state index contributed by atoms with van der Waals surface area (Å²) < 4.78 is 5.86. The van der Waals surface area contributed by atoms with Crippen molar-refractivity contribution in [2.75, 3.05) is 0 Å². The predicted octanol–water partition coefficient (Wildman–Crippen LogP) is 3.58. The largest absolute Gasteiger partial charge is 0.451 e. The van der Waals surface area contributed by atoms with Gasteiger partial charge in [0.25, 0.3) is 0 Å². The predicted molar refractivity (Wildman–Crippen MR) is 82.3 cm³/mol. The second-order valence-corrected chi connectivity index (χ2v) is 5.59. The van der Waals surface area contributed by atoms with Crippen molar-refractivity contribution in [3.63, 3.8) is 0 Å². The zero-order valence-electron chi connectivity index (χ0n) is 11.7. The molecule has 5 heteroatoms. The lowest BCUT2D eigenvalue weighted by molar-refractivity contribution is 0.0318. The van der Waals surface area contributed by atoms with E-state index < -0.39 is 12.1 Å². The number of pyridine rings is 1. The molecule has 4 nitrogen and oxygen atoms in total. The number of halogens is 1. The summed E-state index contributed by atoms with van der Waals surface area (Å²) in [5.41, 5.74) is 1.89. The molecule has 0 fully saturated rings. The van der Waals surface area contributed by atoms with E-state index in [0.717, 1.165) is 5.56 Å². The van der Waals surface area contributed by atoms with Gasteiger partial charge < -0.3 is 4.74 Å². The lowest BCUT2D eigenvalue weighted by atomic mass is 10.1. The molecule has 0 aliphatic rings. The molecule has 21 heavy (non-hydrogen) atoms. The van der Waals surface area contributed by atoms with Crippen LogP contribution in [0.2, 0.25) is 0 Å². The fraction of sp³-hybridized carbons (Fsp3) is 0.188. The summed E-state index contributed by atoms with van der Waals surface area (Å²) in [6, 6.07) is 8.74. The molecular weight excluding hydrogens is 334 g/mol. The Hall–Kier alpha value is -2.01. The van der Waals surface area contributed by atoms with Gasteiger partial charge >= 0.3 is 5.97 Å². The van der Waals surface area contributed by atoms with Gasteiger partial charge in [0.2, 0.25) is 5.78 Å². The highest BCUT2D eigenvalue weighted by molar-refractivity contribution is 9.10. The van der Waals surface area contributed by atoms with Crippen LogP contribution in [0.25, 0.3) is 0 Å². The number of ketones is 1. The van der Waals surface area contributed by atoms with Crippen molar-refractivity contribution in [2.45, 2.75) is 20.0 Å². The summed E-state index contributed by atoms with van der Waals surface area (Å²) in [4.78, 5) is 28.0. The summed E-state index contributed by atoms with van der Waals surface area (Å²) in [6.07, 6.45) is 2.12. The SMILES string of the molecule is Cc1ccc(C(=O)[C@@H](C)OC(=O)c2cncc(Br)c2)cc1. The minimum absolute atomic E-state index is 0.230. The van der Waals surface area contributed by atoms with E-state index in [9.17, 15) is 9.59 Å². The second-order valence-electron chi connectivity index (χ2n) is 4.67. The standard InChI is InChI=1S/C16H14BrNO3/c1-10-3-5-12(6-4-10)15(19)11(2)21-16(20)13-7-14(17)9-18-8-13/h3-9,11H,1-2H3/t11-/m1/s1. The number of aryl methyl sites for hydroxylation is 1. The first-order valence-corrected chi connectivity index (χ1v) is 7.19. The van der Waals surface area contributed by atoms with Gasteiger partial charge in [-0.1, -0.05) is 29.8 Å². The third kappa shape index (κ3) is 3.98. The molecule has 2 aromatic rings. The first kappa shape index (κ1) is 15.4. The molecule has 2 rings (SSSR count). The topological polar surface area (TPSA) is 56.3 Å². The van der Waals surface area contributed by atoms with Crippen molar-refractivity contribution < 1.29 is 14.3 Å². The molecule has 0 N–H and O–H groups in total. The van der Waals surface area contributed by atoms with Crippen LogP contribution in [0.5, 0.6) is 0 Å². The lowest BCUT2D eigenvalue weighted by Gasteiger charge is -2.12. The molecule has 0 aliphatic carbocycles. The van der Waals surface area contributed by atoms with E-state index in [1.54, 1.807) is 31.3 Å². The van der Waals surface area contributed by atoms with Crippen molar-refractivity contribution in [3.8, 4) is 0 Å². The summed E-state index contributed by atoms with van der Waals surface area (Å²) in [5.74, 6) is -0.803. The normalized spacial score (nSPS) is 11.8. The third-order valence-corrected chi connectivity index (χ3v) is 3.36. The minimum Gasteiger partial charge on any atom is -0.451 e. The van der Waals surface area contributed by atoms with Gasteiger partial charge in [0.1, 0.15) is 0 Å². The van der Waals surface area contributed by atoms with Crippen LogP contribution in [0.4, 0.5) is 0 Å². The van der Waals surface area contributed by atoms with Crippen molar-refractivity contribution in [2.24, 2.45) is 0 Å². The average molecular weight is 348 g/mol. The molecule has 0 saturated carbocycles. The molecule has 1 atom stereocenters. The summed E-state index contributed by atoms with van der Waals surface area (Å²) in [6.45, 7) is 3.50. The number of benzene rings is 1. The molecule has 0 aliphatic heterocycles. The quantitative estimate of drug-likeness (QED) is 0.626. The maximum absolute atomic E-state index is 12.2. The number of hydrogen-bond acceptors (Lipinski definition) is 4. The van der Waals surface area contributed by atoms with Gasteiger partial charge in [0.05, 0.1) is 5.56 Å². The van der Waals surface area contributed by atoms with E-state index in [1.807, 2.05) is 19.1 Å². The second kappa shape index (κ2) is 6.63. The molecule has 0 amide bonds. The Morgan fingerprint density at radius 1 is 1.14 bits per heavy atom. The van der Waals surface area contributed by atoms with Crippen molar-refractivity contribution >= 4 is 27.7 Å². The third-order valence-electron chi connectivity index (χ3n) is 2.93. The van der Waals surface area contributed by atoms with Gasteiger partial charge in [-0.3, -0.25) is 9.78 Å². The molecule has 0 unspecified atom stereocenters. The van der Waals surface area contributed by atoms with Gasteiger partial charge in [0, 0.05) is 22.4 Å². The number of nitrogens with zero attached hydrogens (tertiary/aromatic N) is 1. The fourth-order valence-corrected chi connectivity index (χ4v) is 2.12. The molecule has 0 radical (unpaired) electrons. The van der Waals surface area contributed by atoms with E-state index in [-0.39, 0.29) is 5.78 Å². The van der Waals surface area contributed by atoms with Crippen molar-refractivity contribution in [3.05, 3.63) is 63.9 Å². The van der Waals surface area contributed by atoms with Crippen LogP contribution < -0.4 is 0 Å². The minimum atomic E-state index is -0.848. The Bertz CT molecular complexity index is 667. The first-order valence-electron chi connectivity index (χ1n) is 6.40. The van der Waals surface area contributed by atoms with Gasteiger partial charge in [-0.05, 0) is 35.8 Å². The number of Topliss-reactive ketones (excluding diaryl/α,β-unsaturated/α-hetero) is 1. The Kier molecular flexibility index (Phi) is 4.85. The van der Waals surface area contributed by atoms with E-state index in [2.05, 4.69) is 20.9 Å². The highest BCUT2D eigenvalue weighted by atomic mass is 79.9. The number of hydrogen-bond donors (Lipinski definition) is 0. The fourth-order valence-electron chi connectivity index (χ4n) is 1.76. The molecular formula is C16H14BrNO3. The van der Waals surface area contributed by atoms with Crippen molar-refractivity contribution in [1.82, 2.24) is 4.98 Å². The highest BCUT2D eigenvalue weighted by Crippen LogP contribution is 2.13. The number of esters is 1. The molecule has 0 spiro atoms. The monoisotopic (exact) mass is 347 g/mol. The van der Waals surface area contributed by atoms with E-state index in [1.165, 1.54) is 6.20 Å². The number of carbonyl (C=O) groups is 2. The first-order chi connectivity index (χ1) is 9.97. The molecule has 1 aromatic heterocycles. The number of aromatic nitrogens is 1. The van der Waals surface area contributed by atoms with Crippen LogP contribution in [0.3, 0.4) is 0 Å². The summed E-state index contributed by atoms with van der Waals surface area (Å²) in [5, 5.41) is 0. The van der Waals surface area contributed by atoms with Crippen LogP contribution in [0.1, 0.15) is 33.2 Å². The lowest BCUT2D eigenvalue weighted by Crippen LogP contribution is -2.24. The molecule has 108 valence electrons. The zero-order chi connectivity index (χ0) is 15.4. The maximum atomic E-state index is 12.2. The molecule has 0 bridgehead atoms. The Morgan fingerprint density at radius 3 is 2.43 bits per heavy atom. The number of carbonyl (C=O) groups excluding carboxylic acids is 2. The van der Waals surface area contributed by atoms with Crippen LogP contribution in [0, 0.1) is 6.92 Å². The Morgan fingerprint density at radius 2 is 1.81 bits per heavy atom. The van der Waals surface area contributed by atoms with Crippen LogP contribution in [0.15, 0.2) is 47.2 Å². The van der Waals surface area contributed by atoms with Crippen LogP contribution >= 0.6 is 15.9 Å². The average Bonchev–Trinajstić information content (AvgIpc) is 2.47. The van der Waals surface area contributed by atoms with Crippen molar-refractivity contribution in [1.29, 1.82) is 0 Å². The van der Waals surface area contributed by atoms with Crippen LogP contribution in [-0.2, 0) is 4.74 Å². The van der Waals surface area contributed by atoms with E-state index in [4.69, 9.17) is 4.74 Å². The molecule has 0 saturated heterocycles. The van der Waals surface area contributed by atoms with Gasteiger partial charge in [-0.25, -0.2) is 4.79 Å². The Balaban J connectivity index is 2.07. The number of rotatable bonds is 4. The van der Waals surface area contributed by atoms with Gasteiger partial charge in [0.15, 0.2) is 6.10 Å². The zero-order valence-corrected chi connectivity index (χ0v) is 13.3. The highest BCUT2D eigenvalue weighted by Gasteiger charge is 2.20. The van der Waals surface area contributed by atoms with E-state index >= 15 is 0 Å². The summed E-state index contributed by atoms with van der Waals surface area (Å²) in [7, 11) is 0. The van der Waals surface area contributed by atoms with Crippen LogP contribution in [-0.4, -0.2) is 22.8 Å². The smallest absolute Gasteiger partial charge is 0.340 e. The maximum Gasteiger partial charge on any atom is 0.340 e. The van der Waals surface area contributed by atoms with E-state index in [0.29, 0.717) is 15.6 Å². The molecule has 1 heterocycles.